The molecule has 3 heterocycles. The minimum atomic E-state index is -0.566. The molecule has 1 saturated heterocycles. The average Bonchev–Trinajstić information content (AvgIpc) is 3.45. The summed E-state index contributed by atoms with van der Waals surface area (Å²) in [7, 11) is 3.06. The van der Waals surface area contributed by atoms with Crippen molar-refractivity contribution in [2.75, 3.05) is 46.3 Å². The zero-order valence-electron chi connectivity index (χ0n) is 18.1. The summed E-state index contributed by atoms with van der Waals surface area (Å²) in [6, 6.07) is 5.31. The van der Waals surface area contributed by atoms with Crippen molar-refractivity contribution in [2.45, 2.75) is 6.54 Å². The number of ether oxygens (including phenoxy) is 3. The van der Waals surface area contributed by atoms with E-state index >= 15 is 0 Å². The SMILES string of the molecule is COc1cccc(/C=N/NC(=O)c2c(CN3CCOCC3)nnn2-c2nonc2N)c1OC. The van der Waals surface area contributed by atoms with Crippen molar-refractivity contribution in [3.8, 4) is 17.3 Å². The van der Waals surface area contributed by atoms with Crippen molar-refractivity contribution >= 4 is 17.9 Å². The summed E-state index contributed by atoms with van der Waals surface area (Å²) in [6.07, 6.45) is 1.45. The van der Waals surface area contributed by atoms with E-state index in [4.69, 9.17) is 19.9 Å². The quantitative estimate of drug-likeness (QED) is 0.341. The highest BCUT2D eigenvalue weighted by Crippen LogP contribution is 2.29. The van der Waals surface area contributed by atoms with Gasteiger partial charge in [-0.25, -0.2) is 10.1 Å². The molecule has 0 unspecified atom stereocenters. The summed E-state index contributed by atoms with van der Waals surface area (Å²) in [4.78, 5) is 15.2. The van der Waals surface area contributed by atoms with Gasteiger partial charge in [0.15, 0.2) is 17.2 Å². The van der Waals surface area contributed by atoms with E-state index in [0.717, 1.165) is 0 Å². The average molecular weight is 457 g/mol. The van der Waals surface area contributed by atoms with E-state index in [1.165, 1.54) is 25.1 Å². The van der Waals surface area contributed by atoms with Gasteiger partial charge in [0, 0.05) is 25.2 Å². The second kappa shape index (κ2) is 10.1. The van der Waals surface area contributed by atoms with Gasteiger partial charge < -0.3 is 19.9 Å². The Labute approximate surface area is 188 Å². The lowest BCUT2D eigenvalue weighted by Gasteiger charge is -2.25. The standard InChI is InChI=1S/C19H23N9O5/c1-30-14-5-3-4-12(16(14)31-2)10-21-23-19(29)15-13(11-27-6-8-32-9-7-27)22-26-28(15)18-17(20)24-33-25-18/h3-5,10H,6-9,11H2,1-2H3,(H2,20,24)(H,23,29)/b21-10+. The van der Waals surface area contributed by atoms with Gasteiger partial charge >= 0.3 is 0 Å². The molecular formula is C19H23N9O5. The molecule has 0 aliphatic carbocycles. The number of nitrogens with one attached hydrogen (secondary N) is 1. The van der Waals surface area contributed by atoms with E-state index in [0.29, 0.717) is 55.6 Å². The number of hydrogen-bond donors (Lipinski definition) is 2. The molecule has 174 valence electrons. The lowest BCUT2D eigenvalue weighted by molar-refractivity contribution is 0.0335. The van der Waals surface area contributed by atoms with Crippen LogP contribution in [0.25, 0.3) is 5.82 Å². The summed E-state index contributed by atoms with van der Waals surface area (Å²) in [6.45, 7) is 2.99. The third-order valence-electron chi connectivity index (χ3n) is 4.93. The molecule has 0 atom stereocenters. The maximum Gasteiger partial charge on any atom is 0.292 e. The monoisotopic (exact) mass is 457 g/mol. The topological polar surface area (TPSA) is 168 Å². The second-order valence-electron chi connectivity index (χ2n) is 6.94. The highest BCUT2D eigenvalue weighted by Gasteiger charge is 2.26. The molecule has 1 aliphatic rings. The molecule has 1 fully saturated rings. The molecule has 2 aromatic heterocycles. The molecule has 3 aromatic rings. The van der Waals surface area contributed by atoms with E-state index in [2.05, 4.69) is 40.7 Å². The van der Waals surface area contributed by atoms with Crippen molar-refractivity contribution in [3.63, 3.8) is 0 Å². The number of nitrogen functional groups attached to an aromatic ring is 1. The maximum atomic E-state index is 13.1. The van der Waals surface area contributed by atoms with E-state index in [1.807, 2.05) is 0 Å². The van der Waals surface area contributed by atoms with Gasteiger partial charge in [-0.3, -0.25) is 9.69 Å². The van der Waals surface area contributed by atoms with Gasteiger partial charge in [0.05, 0.1) is 33.6 Å². The number of rotatable bonds is 8. The Morgan fingerprint density at radius 2 is 2.09 bits per heavy atom. The molecule has 1 aliphatic heterocycles. The minimum Gasteiger partial charge on any atom is -0.493 e. The number of nitrogens with zero attached hydrogens (tertiary/aromatic N) is 7. The summed E-state index contributed by atoms with van der Waals surface area (Å²) in [5, 5.41) is 19.5. The molecule has 0 bridgehead atoms. The van der Waals surface area contributed by atoms with E-state index < -0.39 is 5.91 Å². The Bertz CT molecular complexity index is 1140. The molecule has 1 aromatic carbocycles. The number of morpholine rings is 1. The van der Waals surface area contributed by atoms with Gasteiger partial charge in [-0.15, -0.1) is 5.10 Å². The number of benzene rings is 1. The van der Waals surface area contributed by atoms with E-state index in [9.17, 15) is 4.79 Å². The molecule has 0 spiro atoms. The molecule has 0 saturated carbocycles. The van der Waals surface area contributed by atoms with Crippen LogP contribution in [-0.4, -0.2) is 82.9 Å². The summed E-state index contributed by atoms with van der Waals surface area (Å²) in [5.41, 5.74) is 9.44. The van der Waals surface area contributed by atoms with Crippen LogP contribution in [0.15, 0.2) is 27.9 Å². The smallest absolute Gasteiger partial charge is 0.292 e. The Kier molecular flexibility index (Phi) is 6.75. The van der Waals surface area contributed by atoms with Gasteiger partial charge in [-0.2, -0.15) is 9.78 Å². The lowest BCUT2D eigenvalue weighted by atomic mass is 10.2. The molecule has 4 rings (SSSR count). The first-order chi connectivity index (χ1) is 16.1. The molecular weight excluding hydrogens is 434 g/mol. The predicted octanol–water partition coefficient (Wildman–Crippen LogP) is -0.154. The van der Waals surface area contributed by atoms with E-state index in [-0.39, 0.29) is 17.3 Å². The van der Waals surface area contributed by atoms with Crippen molar-refractivity contribution in [1.82, 2.24) is 35.6 Å². The summed E-state index contributed by atoms with van der Waals surface area (Å²) < 4.78 is 21.9. The highest BCUT2D eigenvalue weighted by atomic mass is 16.6. The van der Waals surface area contributed by atoms with Gasteiger partial charge in [0.2, 0.25) is 11.6 Å². The van der Waals surface area contributed by atoms with Gasteiger partial charge in [0.25, 0.3) is 5.91 Å². The molecule has 14 heteroatoms. The van der Waals surface area contributed by atoms with Crippen LogP contribution in [0.5, 0.6) is 11.5 Å². The van der Waals surface area contributed by atoms with Crippen LogP contribution in [0.4, 0.5) is 5.82 Å². The van der Waals surface area contributed by atoms with Gasteiger partial charge in [-0.05, 0) is 22.4 Å². The molecule has 14 nitrogen and oxygen atoms in total. The third-order valence-corrected chi connectivity index (χ3v) is 4.93. The van der Waals surface area contributed by atoms with Crippen LogP contribution < -0.4 is 20.6 Å². The first-order valence-electron chi connectivity index (χ1n) is 9.99. The Morgan fingerprint density at radius 3 is 2.79 bits per heavy atom. The molecule has 1 amide bonds. The second-order valence-corrected chi connectivity index (χ2v) is 6.94. The Morgan fingerprint density at radius 1 is 1.27 bits per heavy atom. The molecule has 3 N–H and O–H groups in total. The number of carbonyl (C=O) groups is 1. The Balaban J connectivity index is 1.60. The van der Waals surface area contributed by atoms with Crippen LogP contribution >= 0.6 is 0 Å². The number of para-hydroxylation sites is 1. The van der Waals surface area contributed by atoms with Crippen LogP contribution in [0.1, 0.15) is 21.7 Å². The van der Waals surface area contributed by atoms with Crippen LogP contribution in [0.3, 0.4) is 0 Å². The molecule has 33 heavy (non-hydrogen) atoms. The number of hydrogen-bond acceptors (Lipinski definition) is 12. The Hall–Kier alpha value is -4.04. The number of nitrogens with two attached hydrogens (primary N) is 1. The minimum absolute atomic E-state index is 0.0310. The van der Waals surface area contributed by atoms with Crippen LogP contribution in [-0.2, 0) is 11.3 Å². The largest absolute Gasteiger partial charge is 0.493 e. The van der Waals surface area contributed by atoms with Crippen LogP contribution in [0, 0.1) is 0 Å². The maximum absolute atomic E-state index is 13.1. The van der Waals surface area contributed by atoms with Crippen molar-refractivity contribution in [2.24, 2.45) is 5.10 Å². The summed E-state index contributed by atoms with van der Waals surface area (Å²) in [5.74, 6) is 0.482. The zero-order valence-corrected chi connectivity index (χ0v) is 18.1. The summed E-state index contributed by atoms with van der Waals surface area (Å²) >= 11 is 0. The van der Waals surface area contributed by atoms with Gasteiger partial charge in [0.1, 0.15) is 5.69 Å². The fourth-order valence-corrected chi connectivity index (χ4v) is 3.33. The molecule has 0 radical (unpaired) electrons. The van der Waals surface area contributed by atoms with Crippen molar-refractivity contribution in [3.05, 3.63) is 35.2 Å². The first-order valence-corrected chi connectivity index (χ1v) is 9.99. The lowest BCUT2D eigenvalue weighted by Crippen LogP contribution is -2.36. The fourth-order valence-electron chi connectivity index (χ4n) is 3.33. The number of amides is 1. The highest BCUT2D eigenvalue weighted by molar-refractivity contribution is 5.95. The fraction of sp³-hybridized carbons (Fsp3) is 0.368. The number of carbonyl (C=O) groups excluding carboxylic acids is 1. The first kappa shape index (κ1) is 22.2. The van der Waals surface area contributed by atoms with E-state index in [1.54, 1.807) is 18.2 Å². The number of hydrazone groups is 1. The normalized spacial score (nSPS) is 14.5. The van der Waals surface area contributed by atoms with Gasteiger partial charge in [-0.1, -0.05) is 11.3 Å². The number of anilines is 1. The third kappa shape index (κ3) is 4.75. The van der Waals surface area contributed by atoms with Crippen LogP contribution in [0.2, 0.25) is 0 Å². The van der Waals surface area contributed by atoms with Crippen molar-refractivity contribution < 1.29 is 23.6 Å². The van der Waals surface area contributed by atoms with Crippen molar-refractivity contribution in [1.29, 1.82) is 0 Å². The number of aromatic nitrogens is 5. The number of methoxy groups -OCH3 is 2. The zero-order chi connectivity index (χ0) is 23.2. The predicted molar refractivity (Wildman–Crippen MR) is 114 cm³/mol.